The molecule has 0 fully saturated rings. The molecule has 0 spiro atoms. The van der Waals surface area contributed by atoms with E-state index in [1.165, 1.54) is 25.3 Å². The van der Waals surface area contributed by atoms with E-state index in [9.17, 15) is 9.59 Å². The van der Waals surface area contributed by atoms with Crippen LogP contribution in [0.5, 0.6) is 11.5 Å². The van der Waals surface area contributed by atoms with Crippen molar-refractivity contribution in [2.24, 2.45) is 0 Å². The zero-order valence-corrected chi connectivity index (χ0v) is 9.50. The summed E-state index contributed by atoms with van der Waals surface area (Å²) >= 11 is 0. The molecule has 0 bridgehead atoms. The molecule has 1 aromatic carbocycles. The lowest BCUT2D eigenvalue weighted by molar-refractivity contribution is -0.134. The number of carbonyl (C=O) groups is 2. The molecule has 0 radical (unpaired) electrons. The summed E-state index contributed by atoms with van der Waals surface area (Å²) in [5, 5.41) is 9.07. The van der Waals surface area contributed by atoms with Crippen LogP contribution in [0.25, 0.3) is 6.08 Å². The minimum atomic E-state index is -1.11. The number of carboxylic acid groups (broad SMARTS) is 1. The van der Waals surface area contributed by atoms with Crippen molar-refractivity contribution in [3.63, 3.8) is 0 Å². The molecule has 0 atom stereocenters. The zero-order valence-electron chi connectivity index (χ0n) is 9.50. The molecule has 0 amide bonds. The molecule has 0 saturated heterocycles. The SMILES string of the molecule is COC(=O)/C=C/c1cc2c(cc1C(=O)O)OCO2. The van der Waals surface area contributed by atoms with Crippen molar-refractivity contribution in [2.75, 3.05) is 13.9 Å². The molecular weight excluding hydrogens is 240 g/mol. The van der Waals surface area contributed by atoms with E-state index in [-0.39, 0.29) is 12.4 Å². The van der Waals surface area contributed by atoms with Gasteiger partial charge in [0.25, 0.3) is 0 Å². The highest BCUT2D eigenvalue weighted by molar-refractivity contribution is 5.95. The number of carboxylic acids is 1. The van der Waals surface area contributed by atoms with Crippen LogP contribution in [0.3, 0.4) is 0 Å². The maximum Gasteiger partial charge on any atom is 0.336 e. The van der Waals surface area contributed by atoms with E-state index in [0.29, 0.717) is 17.1 Å². The van der Waals surface area contributed by atoms with Crippen LogP contribution in [0.4, 0.5) is 0 Å². The van der Waals surface area contributed by atoms with E-state index < -0.39 is 11.9 Å². The van der Waals surface area contributed by atoms with E-state index in [4.69, 9.17) is 14.6 Å². The van der Waals surface area contributed by atoms with E-state index in [1.54, 1.807) is 0 Å². The summed E-state index contributed by atoms with van der Waals surface area (Å²) in [4.78, 5) is 22.1. The lowest BCUT2D eigenvalue weighted by Crippen LogP contribution is -2.00. The zero-order chi connectivity index (χ0) is 13.1. The molecule has 0 aliphatic carbocycles. The third-order valence-electron chi connectivity index (χ3n) is 2.38. The molecule has 18 heavy (non-hydrogen) atoms. The highest BCUT2D eigenvalue weighted by atomic mass is 16.7. The Morgan fingerprint density at radius 3 is 2.61 bits per heavy atom. The lowest BCUT2D eigenvalue weighted by atomic mass is 10.1. The van der Waals surface area contributed by atoms with Gasteiger partial charge < -0.3 is 19.3 Å². The third kappa shape index (κ3) is 2.27. The van der Waals surface area contributed by atoms with Crippen LogP contribution >= 0.6 is 0 Å². The Labute approximate surface area is 102 Å². The van der Waals surface area contributed by atoms with Gasteiger partial charge in [0.15, 0.2) is 11.5 Å². The molecule has 1 heterocycles. The first-order chi connectivity index (χ1) is 8.61. The van der Waals surface area contributed by atoms with E-state index in [2.05, 4.69) is 4.74 Å². The number of aromatic carboxylic acids is 1. The van der Waals surface area contributed by atoms with Crippen LogP contribution in [0, 0.1) is 0 Å². The van der Waals surface area contributed by atoms with Gasteiger partial charge in [-0.2, -0.15) is 0 Å². The van der Waals surface area contributed by atoms with Gasteiger partial charge in [-0.15, -0.1) is 0 Å². The number of fused-ring (bicyclic) bond motifs is 1. The first kappa shape index (κ1) is 12.0. The maximum atomic E-state index is 11.1. The second kappa shape index (κ2) is 4.79. The van der Waals surface area contributed by atoms with Crippen molar-refractivity contribution in [1.82, 2.24) is 0 Å². The van der Waals surface area contributed by atoms with Crippen molar-refractivity contribution < 1.29 is 28.9 Å². The van der Waals surface area contributed by atoms with Crippen LogP contribution in [0.1, 0.15) is 15.9 Å². The van der Waals surface area contributed by atoms with Crippen LogP contribution in [-0.2, 0) is 9.53 Å². The normalized spacial score (nSPS) is 12.7. The Kier molecular flexibility index (Phi) is 3.18. The fourth-order valence-electron chi connectivity index (χ4n) is 1.51. The van der Waals surface area contributed by atoms with Crippen molar-refractivity contribution in [3.05, 3.63) is 29.3 Å². The predicted molar refractivity (Wildman–Crippen MR) is 60.6 cm³/mol. The number of methoxy groups -OCH3 is 1. The van der Waals surface area contributed by atoms with Gasteiger partial charge in [-0.25, -0.2) is 9.59 Å². The number of hydrogen-bond acceptors (Lipinski definition) is 5. The lowest BCUT2D eigenvalue weighted by Gasteiger charge is -2.03. The predicted octanol–water partition coefficient (Wildman–Crippen LogP) is 1.30. The van der Waals surface area contributed by atoms with Crippen LogP contribution in [0.2, 0.25) is 0 Å². The quantitative estimate of drug-likeness (QED) is 0.643. The van der Waals surface area contributed by atoms with Crippen molar-refractivity contribution in [2.45, 2.75) is 0 Å². The second-order valence-electron chi connectivity index (χ2n) is 3.45. The number of ether oxygens (including phenoxy) is 3. The van der Waals surface area contributed by atoms with Gasteiger partial charge in [0.1, 0.15) is 0 Å². The summed E-state index contributed by atoms with van der Waals surface area (Å²) in [6.07, 6.45) is 2.50. The average molecular weight is 250 g/mol. The van der Waals surface area contributed by atoms with Gasteiger partial charge in [-0.3, -0.25) is 0 Å². The summed E-state index contributed by atoms with van der Waals surface area (Å²) < 4.78 is 14.7. The molecule has 1 aliphatic heterocycles. The molecule has 0 unspecified atom stereocenters. The molecule has 2 rings (SSSR count). The van der Waals surface area contributed by atoms with Crippen LogP contribution in [0.15, 0.2) is 18.2 Å². The van der Waals surface area contributed by atoms with E-state index in [0.717, 1.165) is 6.08 Å². The fourth-order valence-corrected chi connectivity index (χ4v) is 1.51. The largest absolute Gasteiger partial charge is 0.478 e. The molecule has 94 valence electrons. The summed E-state index contributed by atoms with van der Waals surface area (Å²) in [5.41, 5.74) is 0.372. The monoisotopic (exact) mass is 250 g/mol. The van der Waals surface area contributed by atoms with Gasteiger partial charge >= 0.3 is 11.9 Å². The number of benzene rings is 1. The van der Waals surface area contributed by atoms with Gasteiger partial charge in [-0.05, 0) is 23.8 Å². The molecule has 1 N–H and O–H groups in total. The molecular formula is C12H10O6. The minimum Gasteiger partial charge on any atom is -0.478 e. The highest BCUT2D eigenvalue weighted by Crippen LogP contribution is 2.35. The molecule has 6 nitrogen and oxygen atoms in total. The Morgan fingerprint density at radius 2 is 2.00 bits per heavy atom. The molecule has 6 heteroatoms. The Hall–Kier alpha value is -2.50. The van der Waals surface area contributed by atoms with Crippen molar-refractivity contribution >= 4 is 18.0 Å². The summed E-state index contributed by atoms with van der Waals surface area (Å²) in [6, 6.07) is 2.87. The Morgan fingerprint density at radius 1 is 1.33 bits per heavy atom. The van der Waals surface area contributed by atoms with Gasteiger partial charge in [0, 0.05) is 6.08 Å². The number of carbonyl (C=O) groups excluding carboxylic acids is 1. The average Bonchev–Trinajstić information content (AvgIpc) is 2.81. The van der Waals surface area contributed by atoms with Crippen LogP contribution in [-0.4, -0.2) is 30.9 Å². The minimum absolute atomic E-state index is 0.0272. The summed E-state index contributed by atoms with van der Waals surface area (Å²) in [5.74, 6) is -0.853. The second-order valence-corrected chi connectivity index (χ2v) is 3.45. The van der Waals surface area contributed by atoms with Gasteiger partial charge in [0.05, 0.1) is 12.7 Å². The smallest absolute Gasteiger partial charge is 0.336 e. The molecule has 0 aromatic heterocycles. The Balaban J connectivity index is 2.42. The number of hydrogen-bond donors (Lipinski definition) is 1. The summed E-state index contributed by atoms with van der Waals surface area (Å²) in [7, 11) is 1.24. The highest BCUT2D eigenvalue weighted by Gasteiger charge is 2.19. The standard InChI is InChI=1S/C12H10O6/c1-16-11(13)3-2-7-4-9-10(18-6-17-9)5-8(7)12(14)15/h2-5H,6H2,1H3,(H,14,15)/b3-2+. The molecule has 1 aromatic rings. The first-order valence-corrected chi connectivity index (χ1v) is 5.05. The fraction of sp³-hybridized carbons (Fsp3) is 0.167. The van der Waals surface area contributed by atoms with Gasteiger partial charge in [-0.1, -0.05) is 0 Å². The molecule has 0 saturated carbocycles. The summed E-state index contributed by atoms with van der Waals surface area (Å²) in [6.45, 7) is 0.0541. The third-order valence-corrected chi connectivity index (χ3v) is 2.38. The first-order valence-electron chi connectivity index (χ1n) is 5.05. The van der Waals surface area contributed by atoms with E-state index >= 15 is 0 Å². The van der Waals surface area contributed by atoms with Gasteiger partial charge in [0.2, 0.25) is 6.79 Å². The molecule has 1 aliphatic rings. The van der Waals surface area contributed by atoms with Crippen molar-refractivity contribution in [1.29, 1.82) is 0 Å². The number of esters is 1. The van der Waals surface area contributed by atoms with Crippen molar-refractivity contribution in [3.8, 4) is 11.5 Å². The maximum absolute atomic E-state index is 11.1. The van der Waals surface area contributed by atoms with Crippen LogP contribution < -0.4 is 9.47 Å². The topological polar surface area (TPSA) is 82.1 Å². The Bertz CT molecular complexity index is 532. The number of rotatable bonds is 3. The van der Waals surface area contributed by atoms with E-state index in [1.807, 2.05) is 0 Å².